The molecule has 0 N–H and O–H groups in total. The summed E-state index contributed by atoms with van der Waals surface area (Å²) in [5, 5.41) is 0. The quantitative estimate of drug-likeness (QED) is 0.547. The molecule has 1 heterocycles. The zero-order valence-corrected chi connectivity index (χ0v) is 13.2. The van der Waals surface area contributed by atoms with Crippen LogP contribution in [0.1, 0.15) is 37.3 Å². The Hall–Kier alpha value is -1.61. The van der Waals surface area contributed by atoms with E-state index in [0.717, 1.165) is 15.6 Å². The van der Waals surface area contributed by atoms with E-state index in [1.807, 2.05) is 62.4 Å². The Kier molecular flexibility index (Phi) is 4.96. The molecule has 2 aromatic carbocycles. The number of carbonyl (C=O) groups is 1. The number of benzene rings is 2. The maximum Gasteiger partial charge on any atom is 0.312 e. The standard InChI is InChI=1S/C15H11BrO2.C2H6/c16-11-6-7-14-13(8-11)12(9-15(17)18-14)10-4-2-1-3-5-10;1-2/h1-8,12H,9H2;1-2H3. The number of hydrogen-bond donors (Lipinski definition) is 0. The molecule has 2 nitrogen and oxygen atoms in total. The van der Waals surface area contributed by atoms with Crippen molar-refractivity contribution >= 4 is 21.9 Å². The van der Waals surface area contributed by atoms with Gasteiger partial charge in [-0.15, -0.1) is 0 Å². The maximum atomic E-state index is 11.7. The van der Waals surface area contributed by atoms with Gasteiger partial charge in [-0.05, 0) is 23.8 Å². The van der Waals surface area contributed by atoms with Gasteiger partial charge in [0.15, 0.2) is 0 Å². The van der Waals surface area contributed by atoms with Gasteiger partial charge in [0.05, 0.1) is 6.42 Å². The van der Waals surface area contributed by atoms with Crippen molar-refractivity contribution < 1.29 is 9.53 Å². The average Bonchev–Trinajstić information content (AvgIpc) is 2.50. The summed E-state index contributed by atoms with van der Waals surface area (Å²) in [7, 11) is 0. The van der Waals surface area contributed by atoms with E-state index in [0.29, 0.717) is 12.2 Å². The van der Waals surface area contributed by atoms with Crippen molar-refractivity contribution in [2.45, 2.75) is 26.2 Å². The molecular weight excluding hydrogens is 316 g/mol. The van der Waals surface area contributed by atoms with Crippen LogP contribution in [0, 0.1) is 0 Å². The summed E-state index contributed by atoms with van der Waals surface area (Å²) in [6.07, 6.45) is 0.396. The molecule has 0 saturated carbocycles. The second-order valence-corrected chi connectivity index (χ2v) is 5.24. The fourth-order valence-corrected chi connectivity index (χ4v) is 2.69. The van der Waals surface area contributed by atoms with Crippen molar-refractivity contribution in [3.8, 4) is 5.75 Å². The highest BCUT2D eigenvalue weighted by atomic mass is 79.9. The van der Waals surface area contributed by atoms with Crippen LogP contribution in [0.25, 0.3) is 0 Å². The molecule has 3 rings (SSSR count). The van der Waals surface area contributed by atoms with E-state index in [1.54, 1.807) is 0 Å². The number of fused-ring (bicyclic) bond motifs is 1. The predicted octanol–water partition coefficient (Wildman–Crippen LogP) is 4.92. The summed E-state index contributed by atoms with van der Waals surface area (Å²) in [4.78, 5) is 11.7. The molecule has 1 aliphatic rings. The van der Waals surface area contributed by atoms with Crippen molar-refractivity contribution in [1.82, 2.24) is 0 Å². The molecule has 0 aliphatic carbocycles. The van der Waals surface area contributed by atoms with Crippen molar-refractivity contribution in [2.24, 2.45) is 0 Å². The highest BCUT2D eigenvalue weighted by Gasteiger charge is 2.28. The van der Waals surface area contributed by atoms with Crippen molar-refractivity contribution in [3.05, 3.63) is 64.1 Å². The Balaban J connectivity index is 0.000000704. The summed E-state index contributed by atoms with van der Waals surface area (Å²) >= 11 is 3.47. The lowest BCUT2D eigenvalue weighted by Gasteiger charge is -2.25. The van der Waals surface area contributed by atoms with Gasteiger partial charge < -0.3 is 4.74 Å². The van der Waals surface area contributed by atoms with Gasteiger partial charge in [0.1, 0.15) is 5.75 Å². The average molecular weight is 333 g/mol. The topological polar surface area (TPSA) is 26.3 Å². The number of esters is 1. The monoisotopic (exact) mass is 332 g/mol. The Morgan fingerprint density at radius 2 is 1.80 bits per heavy atom. The zero-order valence-electron chi connectivity index (χ0n) is 11.6. The molecule has 0 aromatic heterocycles. The Morgan fingerprint density at radius 1 is 1.10 bits per heavy atom. The lowest BCUT2D eigenvalue weighted by Crippen LogP contribution is -2.20. The Morgan fingerprint density at radius 3 is 2.50 bits per heavy atom. The molecule has 0 bridgehead atoms. The van der Waals surface area contributed by atoms with Crippen LogP contribution in [-0.4, -0.2) is 5.97 Å². The molecule has 2 aromatic rings. The number of hydrogen-bond acceptors (Lipinski definition) is 2. The summed E-state index contributed by atoms with van der Waals surface area (Å²) in [5.74, 6) is 0.585. The van der Waals surface area contributed by atoms with Crippen LogP contribution in [0.3, 0.4) is 0 Å². The molecule has 20 heavy (non-hydrogen) atoms. The van der Waals surface area contributed by atoms with E-state index in [2.05, 4.69) is 15.9 Å². The minimum Gasteiger partial charge on any atom is -0.426 e. The van der Waals surface area contributed by atoms with Crippen LogP contribution in [0.5, 0.6) is 5.75 Å². The SMILES string of the molecule is CC.O=C1CC(c2ccccc2)c2cc(Br)ccc2O1. The van der Waals surface area contributed by atoms with Crippen LogP contribution in [0.15, 0.2) is 53.0 Å². The highest BCUT2D eigenvalue weighted by molar-refractivity contribution is 9.10. The minimum absolute atomic E-state index is 0.0833. The van der Waals surface area contributed by atoms with Crippen LogP contribution >= 0.6 is 15.9 Å². The van der Waals surface area contributed by atoms with E-state index in [4.69, 9.17) is 4.74 Å². The Labute approximate surface area is 127 Å². The molecule has 1 atom stereocenters. The van der Waals surface area contributed by atoms with Crippen LogP contribution in [0.2, 0.25) is 0 Å². The van der Waals surface area contributed by atoms with Crippen LogP contribution < -0.4 is 4.74 Å². The van der Waals surface area contributed by atoms with Gasteiger partial charge in [0.2, 0.25) is 0 Å². The number of carbonyl (C=O) groups excluding carboxylic acids is 1. The summed E-state index contributed by atoms with van der Waals surface area (Å²) in [6.45, 7) is 4.00. The summed E-state index contributed by atoms with van der Waals surface area (Å²) in [6, 6.07) is 15.8. The number of rotatable bonds is 1. The number of ether oxygens (including phenoxy) is 1. The second-order valence-electron chi connectivity index (χ2n) is 4.32. The smallest absolute Gasteiger partial charge is 0.312 e. The van der Waals surface area contributed by atoms with Crippen molar-refractivity contribution in [2.75, 3.05) is 0 Å². The Bertz CT molecular complexity index is 593. The number of halogens is 1. The van der Waals surface area contributed by atoms with Crippen molar-refractivity contribution in [1.29, 1.82) is 0 Å². The lowest BCUT2D eigenvalue weighted by atomic mass is 9.86. The highest BCUT2D eigenvalue weighted by Crippen LogP contribution is 2.39. The molecule has 104 valence electrons. The molecule has 0 spiro atoms. The fraction of sp³-hybridized carbons (Fsp3) is 0.235. The predicted molar refractivity (Wildman–Crippen MR) is 84.0 cm³/mol. The summed E-state index contributed by atoms with van der Waals surface area (Å²) < 4.78 is 6.28. The fourth-order valence-electron chi connectivity index (χ4n) is 2.31. The van der Waals surface area contributed by atoms with Gasteiger partial charge in [-0.3, -0.25) is 4.79 Å². The van der Waals surface area contributed by atoms with Gasteiger partial charge >= 0.3 is 5.97 Å². The molecule has 1 aliphatic heterocycles. The molecule has 3 heteroatoms. The lowest BCUT2D eigenvalue weighted by molar-refractivity contribution is -0.135. The van der Waals surface area contributed by atoms with Gasteiger partial charge in [-0.1, -0.05) is 60.1 Å². The van der Waals surface area contributed by atoms with Gasteiger partial charge in [0.25, 0.3) is 0 Å². The van der Waals surface area contributed by atoms with Crippen molar-refractivity contribution in [3.63, 3.8) is 0 Å². The third-order valence-electron chi connectivity index (χ3n) is 3.14. The van der Waals surface area contributed by atoms with E-state index in [9.17, 15) is 4.79 Å². The van der Waals surface area contributed by atoms with Crippen LogP contribution in [-0.2, 0) is 4.79 Å². The summed E-state index contributed by atoms with van der Waals surface area (Å²) in [5.41, 5.74) is 2.21. The van der Waals surface area contributed by atoms with E-state index >= 15 is 0 Å². The first-order chi connectivity index (χ1) is 9.74. The van der Waals surface area contributed by atoms with Gasteiger partial charge in [-0.25, -0.2) is 0 Å². The first kappa shape index (κ1) is 14.8. The van der Waals surface area contributed by atoms with Gasteiger partial charge in [0, 0.05) is 16.0 Å². The third kappa shape index (κ3) is 3.10. The maximum absolute atomic E-state index is 11.7. The molecule has 0 fully saturated rings. The second kappa shape index (κ2) is 6.71. The van der Waals surface area contributed by atoms with E-state index in [-0.39, 0.29) is 11.9 Å². The molecule has 1 unspecified atom stereocenters. The molecular formula is C17H17BrO2. The first-order valence-electron chi connectivity index (χ1n) is 6.79. The molecule has 0 saturated heterocycles. The first-order valence-corrected chi connectivity index (χ1v) is 7.58. The van der Waals surface area contributed by atoms with E-state index in [1.165, 1.54) is 0 Å². The molecule has 0 amide bonds. The largest absolute Gasteiger partial charge is 0.426 e. The third-order valence-corrected chi connectivity index (χ3v) is 3.64. The zero-order chi connectivity index (χ0) is 14.5. The molecule has 0 radical (unpaired) electrons. The minimum atomic E-state index is -0.168. The normalized spacial score (nSPS) is 16.6. The van der Waals surface area contributed by atoms with Gasteiger partial charge in [-0.2, -0.15) is 0 Å². The van der Waals surface area contributed by atoms with Crippen LogP contribution in [0.4, 0.5) is 0 Å². The van der Waals surface area contributed by atoms with E-state index < -0.39 is 0 Å².